The molecule has 16 heteroatoms. The van der Waals surface area contributed by atoms with Crippen molar-refractivity contribution in [3.63, 3.8) is 0 Å². The van der Waals surface area contributed by atoms with Crippen LogP contribution in [0.15, 0.2) is 120 Å². The van der Waals surface area contributed by atoms with Crippen LogP contribution in [-0.4, -0.2) is 66.5 Å². The molecule has 2 N–H and O–H groups in total. The maximum Gasteiger partial charge on any atom is 0.326 e. The number of sulfonamides is 1. The van der Waals surface area contributed by atoms with Crippen LogP contribution in [-0.2, 0) is 45.6 Å². The van der Waals surface area contributed by atoms with E-state index in [1.54, 1.807) is 61.5 Å². The first-order valence-corrected chi connectivity index (χ1v) is 24.0. The van der Waals surface area contributed by atoms with Crippen molar-refractivity contribution in [2.24, 2.45) is 0 Å². The van der Waals surface area contributed by atoms with Crippen molar-refractivity contribution in [1.82, 2.24) is 14.6 Å². The fourth-order valence-electron chi connectivity index (χ4n) is 8.67. The van der Waals surface area contributed by atoms with Crippen molar-refractivity contribution in [3.05, 3.63) is 164 Å². The molecule has 3 aliphatic rings. The Bertz CT molecular complexity index is 3000. The third-order valence-electron chi connectivity index (χ3n) is 12.4. The molecule has 1 fully saturated rings. The third-order valence-corrected chi connectivity index (χ3v) is 15.1. The van der Waals surface area contributed by atoms with Crippen molar-refractivity contribution in [3.8, 4) is 34.4 Å². The molecule has 67 heavy (non-hydrogen) atoms. The lowest BCUT2D eigenvalue weighted by atomic mass is 9.93. The summed E-state index contributed by atoms with van der Waals surface area (Å²) in [6, 6.07) is 33.3. The number of fused-ring (bicyclic) bond motifs is 2. The molecule has 13 nitrogen and oxygen atoms in total. The van der Waals surface area contributed by atoms with Gasteiger partial charge in [0, 0.05) is 26.1 Å². The summed E-state index contributed by atoms with van der Waals surface area (Å²) in [7, 11) is -4.40. The molecule has 0 radical (unpaired) electrons. The summed E-state index contributed by atoms with van der Waals surface area (Å²) in [6.45, 7) is 3.58. The van der Waals surface area contributed by atoms with Crippen LogP contribution in [0, 0.1) is 18.3 Å². The molecule has 1 unspecified atom stereocenters. The van der Waals surface area contributed by atoms with Crippen LogP contribution < -0.4 is 24.4 Å². The second kappa shape index (κ2) is 19.3. The lowest BCUT2D eigenvalue weighted by molar-refractivity contribution is -0.142. The summed E-state index contributed by atoms with van der Waals surface area (Å²) in [5.74, 6) is 0.158. The van der Waals surface area contributed by atoms with E-state index >= 15 is 0 Å². The van der Waals surface area contributed by atoms with Crippen LogP contribution in [0.25, 0.3) is 11.1 Å². The molecular weight excluding hydrogens is 914 g/mol. The number of aryl methyl sites for hydroxylation is 1. The Morgan fingerprint density at radius 3 is 2.24 bits per heavy atom. The van der Waals surface area contributed by atoms with Gasteiger partial charge < -0.3 is 29.5 Å². The first-order chi connectivity index (χ1) is 32.3. The van der Waals surface area contributed by atoms with Crippen LogP contribution in [0.4, 0.5) is 5.82 Å². The summed E-state index contributed by atoms with van der Waals surface area (Å²) >= 11 is 12.2. The average molecular weight is 959 g/mol. The molecule has 1 saturated heterocycles. The van der Waals surface area contributed by atoms with Crippen LogP contribution in [0.3, 0.4) is 0 Å². The van der Waals surface area contributed by atoms with Gasteiger partial charge in [0.05, 0.1) is 27.4 Å². The molecule has 0 aliphatic carbocycles. The van der Waals surface area contributed by atoms with Crippen LogP contribution in [0.1, 0.15) is 58.0 Å². The first kappa shape index (κ1) is 45.5. The summed E-state index contributed by atoms with van der Waals surface area (Å²) in [5, 5.41) is 23.1. The molecule has 0 bridgehead atoms. The van der Waals surface area contributed by atoms with E-state index < -0.39 is 40.1 Å². The van der Waals surface area contributed by atoms with Gasteiger partial charge in [-0.25, -0.2) is 18.2 Å². The second-order valence-electron chi connectivity index (χ2n) is 16.8. The number of pyridine rings is 1. The topological polar surface area (TPSA) is 171 Å². The first-order valence-electron chi connectivity index (χ1n) is 21.8. The van der Waals surface area contributed by atoms with E-state index in [0.717, 1.165) is 52.5 Å². The number of nitrogens with one attached hydrogen (secondary N) is 1. The number of hydrogen-bond donors (Lipinski definition) is 2. The number of nitriles is 1. The molecule has 3 aliphatic heterocycles. The minimum atomic E-state index is -4.40. The monoisotopic (exact) mass is 957 g/mol. The van der Waals surface area contributed by atoms with Gasteiger partial charge in [0.2, 0.25) is 15.9 Å². The summed E-state index contributed by atoms with van der Waals surface area (Å²) < 4.78 is 49.5. The lowest BCUT2D eigenvalue weighted by Gasteiger charge is -2.37. The number of hydrogen-bond acceptors (Lipinski definition) is 10. The Hall–Kier alpha value is -6.63. The number of rotatable bonds is 13. The number of ether oxygens (including phenoxy) is 3. The van der Waals surface area contributed by atoms with Crippen LogP contribution in [0.5, 0.6) is 17.2 Å². The Morgan fingerprint density at radius 1 is 0.881 bits per heavy atom. The Morgan fingerprint density at radius 2 is 1.57 bits per heavy atom. The number of halogens is 2. The summed E-state index contributed by atoms with van der Waals surface area (Å²) in [5.41, 5.74) is 6.21. The van der Waals surface area contributed by atoms with E-state index in [9.17, 15) is 23.1 Å². The van der Waals surface area contributed by atoms with Crippen molar-refractivity contribution in [1.29, 1.82) is 5.26 Å². The molecule has 4 heterocycles. The number of aromatic nitrogens is 1. The number of aliphatic carboxylic acids is 1. The molecule has 0 spiro atoms. The molecule has 3 atom stereocenters. The zero-order valence-corrected chi connectivity index (χ0v) is 38.7. The van der Waals surface area contributed by atoms with Gasteiger partial charge in [0.15, 0.2) is 17.6 Å². The molecule has 1 aromatic heterocycles. The molecule has 9 rings (SSSR count). The van der Waals surface area contributed by atoms with Crippen molar-refractivity contribution < 1.29 is 37.3 Å². The van der Waals surface area contributed by atoms with Crippen molar-refractivity contribution >= 4 is 50.9 Å². The normalized spacial score (nSPS) is 17.3. The fraction of sp³-hybridized carbons (Fsp3) is 0.255. The highest BCUT2D eigenvalue weighted by atomic mass is 35.5. The average Bonchev–Trinajstić information content (AvgIpc) is 3.89. The van der Waals surface area contributed by atoms with Crippen molar-refractivity contribution in [2.75, 3.05) is 24.6 Å². The SMILES string of the molecule is Cc1nc(N2CCCC2)ccc1S(=O)(=O)N1Cc2cc3c(cc2C[C@H]1C(=O)N[C@@H](Cc1ccc(-c2ccc(C#N)cc2)cc1)C(=O)O)OCC(c1ccc(OCc2ccc(Cl)c(Cl)c2)cc1)O3. The molecule has 5 aromatic carbocycles. The van der Waals surface area contributed by atoms with Gasteiger partial charge in [-0.2, -0.15) is 9.57 Å². The Kier molecular flexibility index (Phi) is 13.1. The smallest absolute Gasteiger partial charge is 0.326 e. The number of benzene rings is 5. The molecule has 342 valence electrons. The maximum atomic E-state index is 14.9. The van der Waals surface area contributed by atoms with Gasteiger partial charge in [-0.05, 0) is 126 Å². The van der Waals surface area contributed by atoms with Crippen LogP contribution in [0.2, 0.25) is 10.0 Å². The molecule has 6 aromatic rings. The predicted octanol–water partition coefficient (Wildman–Crippen LogP) is 8.85. The van der Waals surface area contributed by atoms with E-state index in [4.69, 9.17) is 42.7 Å². The highest BCUT2D eigenvalue weighted by Crippen LogP contribution is 2.42. The van der Waals surface area contributed by atoms with Crippen LogP contribution >= 0.6 is 23.2 Å². The quantitative estimate of drug-likeness (QED) is 0.113. The van der Waals surface area contributed by atoms with E-state index in [1.165, 1.54) is 6.07 Å². The molecular formula is C51H45Cl2N5O8S. The zero-order chi connectivity index (χ0) is 46.8. The van der Waals surface area contributed by atoms with Gasteiger partial charge in [-0.15, -0.1) is 0 Å². The lowest BCUT2D eigenvalue weighted by Crippen LogP contribution is -2.55. The fourth-order valence-corrected chi connectivity index (χ4v) is 10.7. The van der Waals surface area contributed by atoms with Crippen molar-refractivity contribution in [2.45, 2.75) is 68.8 Å². The summed E-state index contributed by atoms with van der Waals surface area (Å²) in [4.78, 5) is 33.9. The number of nitrogens with zero attached hydrogens (tertiary/aromatic N) is 4. The Labute approximate surface area is 398 Å². The largest absolute Gasteiger partial charge is 0.489 e. The number of carbonyl (C=O) groups is 2. The van der Waals surface area contributed by atoms with Gasteiger partial charge in [-0.1, -0.05) is 77.8 Å². The highest BCUT2D eigenvalue weighted by molar-refractivity contribution is 7.89. The van der Waals surface area contributed by atoms with Gasteiger partial charge in [-0.3, -0.25) is 4.79 Å². The van der Waals surface area contributed by atoms with E-state index in [2.05, 4.69) is 21.3 Å². The minimum absolute atomic E-state index is 0.0455. The second-order valence-corrected chi connectivity index (χ2v) is 19.5. The van der Waals surface area contributed by atoms with E-state index in [0.29, 0.717) is 62.0 Å². The standard InChI is InChI=1S/C51H45Cl2N5O8S/c1-31-48(18-19-49(55-31)57-20-2-3-21-57)67(62,63)58-28-39-26-46-45(65-30-47(66-46)37-13-15-40(16-14-37)64-29-34-8-17-41(52)42(53)22-34)25-38(39)24-44(58)50(59)56-43(51(60)61)23-32-4-9-35(10-5-32)36-11-6-33(27-54)7-12-36/h4-19,22,25-26,43-44,47H,2-3,20-21,23-24,28-30H2,1H3,(H,56,59)(H,60,61)/t43-,44-,47?/m0/s1. The van der Waals surface area contributed by atoms with Gasteiger partial charge in [0.25, 0.3) is 0 Å². The van der Waals surface area contributed by atoms with E-state index in [-0.39, 0.29) is 36.6 Å². The third kappa shape index (κ3) is 9.92. The Balaban J connectivity index is 0.957. The predicted molar refractivity (Wildman–Crippen MR) is 253 cm³/mol. The minimum Gasteiger partial charge on any atom is -0.489 e. The number of carbonyl (C=O) groups excluding carboxylic acids is 1. The summed E-state index contributed by atoms with van der Waals surface area (Å²) in [6.07, 6.45) is 1.44. The number of anilines is 1. The van der Waals surface area contributed by atoms with E-state index in [1.807, 2.05) is 54.6 Å². The van der Waals surface area contributed by atoms with Gasteiger partial charge >= 0.3 is 5.97 Å². The molecule has 0 saturated carbocycles. The molecule has 1 amide bonds. The maximum absolute atomic E-state index is 14.9. The number of carboxylic acids is 1. The zero-order valence-electron chi connectivity index (χ0n) is 36.3. The highest BCUT2D eigenvalue weighted by Gasteiger charge is 2.42. The number of amides is 1. The van der Waals surface area contributed by atoms with Gasteiger partial charge in [0.1, 0.15) is 41.8 Å². The number of carboxylic acid groups (broad SMARTS) is 1.